The predicted octanol–water partition coefficient (Wildman–Crippen LogP) is 1.96. The predicted molar refractivity (Wildman–Crippen MR) is 75.8 cm³/mol. The summed E-state index contributed by atoms with van der Waals surface area (Å²) < 4.78 is 0. The zero-order valence-electron chi connectivity index (χ0n) is 11.4. The summed E-state index contributed by atoms with van der Waals surface area (Å²) in [6.45, 7) is 3.62. The maximum absolute atomic E-state index is 12.6. The Balaban J connectivity index is 1.73. The van der Waals surface area contributed by atoms with Crippen molar-refractivity contribution in [1.29, 1.82) is 0 Å². The highest BCUT2D eigenvalue weighted by molar-refractivity contribution is 5.79. The van der Waals surface area contributed by atoms with Gasteiger partial charge >= 0.3 is 0 Å². The lowest BCUT2D eigenvalue weighted by Gasteiger charge is -2.29. The van der Waals surface area contributed by atoms with Gasteiger partial charge in [0.1, 0.15) is 0 Å². The van der Waals surface area contributed by atoms with Crippen LogP contribution in [-0.4, -0.2) is 30.4 Å². The number of hydrogen-bond acceptors (Lipinski definition) is 2. The molecule has 0 aliphatic carbocycles. The average molecular weight is 258 g/mol. The molecule has 1 aromatic rings. The van der Waals surface area contributed by atoms with E-state index in [2.05, 4.69) is 34.5 Å². The van der Waals surface area contributed by atoms with Gasteiger partial charge in [0.25, 0.3) is 0 Å². The van der Waals surface area contributed by atoms with Gasteiger partial charge in [-0.1, -0.05) is 24.3 Å². The van der Waals surface area contributed by atoms with Gasteiger partial charge in [-0.3, -0.25) is 4.79 Å². The molecule has 1 atom stereocenters. The van der Waals surface area contributed by atoms with E-state index in [9.17, 15) is 4.79 Å². The lowest BCUT2D eigenvalue weighted by molar-refractivity contribution is -0.136. The Morgan fingerprint density at radius 1 is 1.21 bits per heavy atom. The maximum Gasteiger partial charge on any atom is 0.227 e. The Labute approximate surface area is 115 Å². The normalized spacial score (nSPS) is 23.6. The molecule has 0 bridgehead atoms. The molecule has 2 heterocycles. The highest BCUT2D eigenvalue weighted by Gasteiger charge is 2.27. The second-order valence-electron chi connectivity index (χ2n) is 5.68. The van der Waals surface area contributed by atoms with Gasteiger partial charge in [0, 0.05) is 19.6 Å². The third-order valence-electron chi connectivity index (χ3n) is 4.31. The maximum atomic E-state index is 12.6. The lowest BCUT2D eigenvalue weighted by Crippen LogP contribution is -2.42. The van der Waals surface area contributed by atoms with Gasteiger partial charge in [-0.15, -0.1) is 0 Å². The van der Waals surface area contributed by atoms with Crippen molar-refractivity contribution in [3.05, 3.63) is 35.4 Å². The largest absolute Gasteiger partial charge is 0.338 e. The number of piperidine rings is 1. The van der Waals surface area contributed by atoms with Gasteiger partial charge < -0.3 is 10.2 Å². The van der Waals surface area contributed by atoms with E-state index >= 15 is 0 Å². The Morgan fingerprint density at radius 2 is 2.05 bits per heavy atom. The summed E-state index contributed by atoms with van der Waals surface area (Å²) in [4.78, 5) is 14.7. The fourth-order valence-corrected chi connectivity index (χ4v) is 3.21. The van der Waals surface area contributed by atoms with E-state index < -0.39 is 0 Å². The van der Waals surface area contributed by atoms with E-state index in [0.717, 1.165) is 51.9 Å². The fourth-order valence-electron chi connectivity index (χ4n) is 3.21. The molecule has 1 saturated heterocycles. The minimum absolute atomic E-state index is 0.194. The number of aryl methyl sites for hydroxylation is 1. The number of fused-ring (bicyclic) bond motifs is 1. The van der Waals surface area contributed by atoms with Crippen LogP contribution in [0.25, 0.3) is 0 Å². The average Bonchev–Trinajstić information content (AvgIpc) is 2.69. The Kier molecular flexibility index (Phi) is 3.83. The van der Waals surface area contributed by atoms with E-state index in [4.69, 9.17) is 0 Å². The van der Waals surface area contributed by atoms with Crippen molar-refractivity contribution in [2.24, 2.45) is 5.92 Å². The van der Waals surface area contributed by atoms with Crippen molar-refractivity contribution in [1.82, 2.24) is 10.2 Å². The van der Waals surface area contributed by atoms with Crippen LogP contribution in [-0.2, 0) is 17.8 Å². The summed E-state index contributed by atoms with van der Waals surface area (Å²) in [6, 6.07) is 8.54. The number of hydrogen-bond donors (Lipinski definition) is 1. The molecule has 2 aliphatic rings. The highest BCUT2D eigenvalue weighted by atomic mass is 16.2. The molecule has 1 fully saturated rings. The van der Waals surface area contributed by atoms with Crippen LogP contribution in [0.15, 0.2) is 24.3 Å². The topological polar surface area (TPSA) is 32.3 Å². The van der Waals surface area contributed by atoms with E-state index in [1.807, 2.05) is 0 Å². The van der Waals surface area contributed by atoms with Crippen LogP contribution in [0.5, 0.6) is 0 Å². The number of benzene rings is 1. The van der Waals surface area contributed by atoms with Crippen LogP contribution in [0.3, 0.4) is 0 Å². The molecule has 1 N–H and O–H groups in total. The molecule has 1 aromatic carbocycles. The van der Waals surface area contributed by atoms with Crippen molar-refractivity contribution >= 4 is 5.91 Å². The minimum Gasteiger partial charge on any atom is -0.338 e. The van der Waals surface area contributed by atoms with E-state index in [0.29, 0.717) is 5.91 Å². The molecule has 1 amide bonds. The number of nitrogens with zero attached hydrogens (tertiary/aromatic N) is 1. The van der Waals surface area contributed by atoms with E-state index in [-0.39, 0.29) is 5.92 Å². The Morgan fingerprint density at radius 3 is 2.84 bits per heavy atom. The molecule has 3 nitrogen and oxygen atoms in total. The van der Waals surface area contributed by atoms with Gasteiger partial charge in [0.05, 0.1) is 5.92 Å². The summed E-state index contributed by atoms with van der Waals surface area (Å²) >= 11 is 0. The van der Waals surface area contributed by atoms with Crippen LogP contribution in [0.2, 0.25) is 0 Å². The number of amides is 1. The molecule has 0 spiro atoms. The monoisotopic (exact) mass is 258 g/mol. The first kappa shape index (κ1) is 12.7. The summed E-state index contributed by atoms with van der Waals surface area (Å²) in [5, 5.41) is 3.34. The Bertz CT molecular complexity index is 452. The Hall–Kier alpha value is -1.35. The number of carbonyl (C=O) groups is 1. The van der Waals surface area contributed by atoms with Crippen LogP contribution in [0.4, 0.5) is 0 Å². The second kappa shape index (κ2) is 5.74. The lowest BCUT2D eigenvalue weighted by atomic mass is 9.98. The fraction of sp³-hybridized carbons (Fsp3) is 0.562. The summed E-state index contributed by atoms with van der Waals surface area (Å²) in [5.41, 5.74) is 2.75. The van der Waals surface area contributed by atoms with Crippen molar-refractivity contribution in [3.8, 4) is 0 Å². The molecule has 2 aliphatic heterocycles. The zero-order valence-corrected chi connectivity index (χ0v) is 11.4. The van der Waals surface area contributed by atoms with Gasteiger partial charge in [0.15, 0.2) is 0 Å². The highest BCUT2D eigenvalue weighted by Crippen LogP contribution is 2.21. The van der Waals surface area contributed by atoms with Gasteiger partial charge in [-0.25, -0.2) is 0 Å². The van der Waals surface area contributed by atoms with Crippen LogP contribution in [0, 0.1) is 5.92 Å². The molecular weight excluding hydrogens is 236 g/mol. The summed E-state index contributed by atoms with van der Waals surface area (Å²) in [7, 11) is 0. The van der Waals surface area contributed by atoms with Crippen LogP contribution >= 0.6 is 0 Å². The molecule has 1 unspecified atom stereocenters. The molecular formula is C16H22N2O. The first-order valence-corrected chi connectivity index (χ1v) is 7.41. The summed E-state index contributed by atoms with van der Waals surface area (Å²) in [5.74, 6) is 0.544. The van der Waals surface area contributed by atoms with Crippen LogP contribution in [0.1, 0.15) is 30.4 Å². The van der Waals surface area contributed by atoms with Crippen LogP contribution < -0.4 is 5.32 Å². The number of nitrogens with one attached hydrogen (secondary N) is 1. The molecule has 0 saturated carbocycles. The van der Waals surface area contributed by atoms with Crippen molar-refractivity contribution in [2.45, 2.75) is 32.2 Å². The third kappa shape index (κ3) is 2.81. The first-order chi connectivity index (χ1) is 9.34. The van der Waals surface area contributed by atoms with Gasteiger partial charge in [-0.2, -0.15) is 0 Å². The SMILES string of the molecule is O=C(C1CCCNC1)N1CCCc2ccccc2C1. The molecule has 3 heteroatoms. The van der Waals surface area contributed by atoms with Crippen molar-refractivity contribution in [3.63, 3.8) is 0 Å². The smallest absolute Gasteiger partial charge is 0.227 e. The second-order valence-corrected chi connectivity index (χ2v) is 5.68. The van der Waals surface area contributed by atoms with Gasteiger partial charge in [-0.05, 0) is 43.4 Å². The minimum atomic E-state index is 0.194. The van der Waals surface area contributed by atoms with E-state index in [1.165, 1.54) is 11.1 Å². The zero-order chi connectivity index (χ0) is 13.1. The van der Waals surface area contributed by atoms with E-state index in [1.54, 1.807) is 0 Å². The third-order valence-corrected chi connectivity index (χ3v) is 4.31. The molecule has 0 radical (unpaired) electrons. The van der Waals surface area contributed by atoms with Gasteiger partial charge in [0.2, 0.25) is 5.91 Å². The van der Waals surface area contributed by atoms with Crippen molar-refractivity contribution in [2.75, 3.05) is 19.6 Å². The summed E-state index contributed by atoms with van der Waals surface area (Å²) in [6.07, 6.45) is 4.36. The molecule has 3 rings (SSSR count). The first-order valence-electron chi connectivity index (χ1n) is 7.41. The van der Waals surface area contributed by atoms with Crippen molar-refractivity contribution < 1.29 is 4.79 Å². The standard InChI is InChI=1S/C16H22N2O/c19-16(14-7-3-9-17-11-14)18-10-4-8-13-5-1-2-6-15(13)12-18/h1-2,5-6,14,17H,3-4,7-12H2. The molecule has 19 heavy (non-hydrogen) atoms. The number of rotatable bonds is 1. The quantitative estimate of drug-likeness (QED) is 0.835. The molecule has 0 aromatic heterocycles. The number of carbonyl (C=O) groups excluding carboxylic acids is 1. The molecule has 102 valence electrons.